The van der Waals surface area contributed by atoms with Gasteiger partial charge in [-0.15, -0.1) is 0 Å². The van der Waals surface area contributed by atoms with E-state index < -0.39 is 6.10 Å². The minimum atomic E-state index is -0.402. The predicted octanol–water partition coefficient (Wildman–Crippen LogP) is 5.19. The lowest BCUT2D eigenvalue weighted by Gasteiger charge is -2.37. The number of nitrogens with zero attached hydrogens (tertiary/aromatic N) is 3. The van der Waals surface area contributed by atoms with Gasteiger partial charge in [0.25, 0.3) is 0 Å². The molecule has 0 aliphatic carbocycles. The van der Waals surface area contributed by atoms with E-state index in [4.69, 9.17) is 0 Å². The molecule has 0 unspecified atom stereocenters. The molecule has 1 saturated heterocycles. The summed E-state index contributed by atoms with van der Waals surface area (Å²) in [5.41, 5.74) is 3.69. The zero-order valence-electron chi connectivity index (χ0n) is 17.2. The molecular formula is C25H25I2N3O. The first kappa shape index (κ1) is 21.5. The van der Waals surface area contributed by atoms with Crippen LogP contribution in [0.5, 0.6) is 0 Å². The van der Waals surface area contributed by atoms with Gasteiger partial charge in [0.15, 0.2) is 0 Å². The van der Waals surface area contributed by atoms with Crippen molar-refractivity contribution in [2.75, 3.05) is 37.6 Å². The highest BCUT2D eigenvalue weighted by Gasteiger charge is 2.21. The molecule has 1 aliphatic rings. The molecule has 1 aliphatic heterocycles. The number of halogens is 2. The maximum atomic E-state index is 11.0. The molecule has 0 bridgehead atoms. The van der Waals surface area contributed by atoms with Crippen LogP contribution in [-0.2, 0) is 6.54 Å². The highest BCUT2D eigenvalue weighted by Crippen LogP contribution is 2.31. The largest absolute Gasteiger partial charge is 0.390 e. The first-order chi connectivity index (χ1) is 15.1. The summed E-state index contributed by atoms with van der Waals surface area (Å²) in [6.45, 7) is 5.29. The molecule has 1 aromatic heterocycles. The van der Waals surface area contributed by atoms with Crippen molar-refractivity contribution in [3.63, 3.8) is 0 Å². The van der Waals surface area contributed by atoms with Crippen molar-refractivity contribution in [2.24, 2.45) is 0 Å². The van der Waals surface area contributed by atoms with Crippen molar-refractivity contribution < 1.29 is 5.11 Å². The van der Waals surface area contributed by atoms with Gasteiger partial charge in [-0.05, 0) is 93.7 Å². The van der Waals surface area contributed by atoms with Gasteiger partial charge in [0, 0.05) is 67.4 Å². The quantitative estimate of drug-likeness (QED) is 0.306. The Hall–Kier alpha value is -1.36. The molecule has 3 aromatic carbocycles. The van der Waals surface area contributed by atoms with Gasteiger partial charge in [0.2, 0.25) is 0 Å². The van der Waals surface area contributed by atoms with Gasteiger partial charge in [-0.25, -0.2) is 0 Å². The van der Waals surface area contributed by atoms with Crippen LogP contribution in [0.25, 0.3) is 21.8 Å². The molecular weight excluding hydrogens is 612 g/mol. The second kappa shape index (κ2) is 9.25. The van der Waals surface area contributed by atoms with Crippen LogP contribution < -0.4 is 4.90 Å². The van der Waals surface area contributed by atoms with Gasteiger partial charge >= 0.3 is 0 Å². The van der Waals surface area contributed by atoms with E-state index in [0.717, 1.165) is 26.2 Å². The number of aliphatic hydroxyl groups is 1. The van der Waals surface area contributed by atoms with Gasteiger partial charge in [-0.2, -0.15) is 0 Å². The van der Waals surface area contributed by atoms with Gasteiger partial charge in [-0.1, -0.05) is 18.2 Å². The Morgan fingerprint density at radius 1 is 0.742 bits per heavy atom. The van der Waals surface area contributed by atoms with E-state index in [1.807, 2.05) is 0 Å². The molecule has 0 radical (unpaired) electrons. The summed E-state index contributed by atoms with van der Waals surface area (Å²) >= 11 is 4.75. The normalized spacial score (nSPS) is 16.3. The standard InChI is InChI=1S/C25H25I2N3O/c26-18-6-8-24-22(14-18)23-15-19(27)7-9-25(23)30(24)17-21(31)16-28-10-12-29(13-11-28)20-4-2-1-3-5-20/h1-9,14-15,21,31H,10-13,16-17H2/t21-/m1/s1. The summed E-state index contributed by atoms with van der Waals surface area (Å²) in [4.78, 5) is 4.82. The Morgan fingerprint density at radius 3 is 1.90 bits per heavy atom. The second-order valence-electron chi connectivity index (χ2n) is 8.21. The molecule has 31 heavy (non-hydrogen) atoms. The smallest absolute Gasteiger partial charge is 0.0845 e. The Balaban J connectivity index is 1.31. The molecule has 5 rings (SSSR count). The molecule has 0 saturated carbocycles. The molecule has 4 nitrogen and oxygen atoms in total. The zero-order valence-corrected chi connectivity index (χ0v) is 21.5. The minimum absolute atomic E-state index is 0.402. The summed E-state index contributed by atoms with van der Waals surface area (Å²) in [7, 11) is 0. The summed E-state index contributed by atoms with van der Waals surface area (Å²) in [6, 6.07) is 23.8. The SMILES string of the molecule is O[C@H](CN1CCN(c2ccccc2)CC1)Cn1c2ccc(I)cc2c2cc(I)ccc21. The van der Waals surface area contributed by atoms with E-state index in [9.17, 15) is 5.11 Å². The molecule has 4 aromatic rings. The zero-order chi connectivity index (χ0) is 21.4. The van der Waals surface area contributed by atoms with Crippen LogP contribution in [0.1, 0.15) is 0 Å². The summed E-state index contributed by atoms with van der Waals surface area (Å²) in [5, 5.41) is 13.5. The van der Waals surface area contributed by atoms with Gasteiger partial charge < -0.3 is 14.6 Å². The van der Waals surface area contributed by atoms with Crippen LogP contribution in [0.4, 0.5) is 5.69 Å². The van der Waals surface area contributed by atoms with Crippen LogP contribution in [0.2, 0.25) is 0 Å². The lowest BCUT2D eigenvalue weighted by atomic mass is 10.2. The third kappa shape index (κ3) is 4.58. The van der Waals surface area contributed by atoms with E-state index in [2.05, 4.69) is 126 Å². The average molecular weight is 637 g/mol. The van der Waals surface area contributed by atoms with Crippen LogP contribution in [-0.4, -0.2) is 53.4 Å². The van der Waals surface area contributed by atoms with Crippen LogP contribution in [0.3, 0.4) is 0 Å². The number of aromatic nitrogens is 1. The van der Waals surface area contributed by atoms with Gasteiger partial charge in [0.05, 0.1) is 12.6 Å². The number of aliphatic hydroxyl groups excluding tert-OH is 1. The molecule has 1 N–H and O–H groups in total. The number of piperazine rings is 1. The highest BCUT2D eigenvalue weighted by atomic mass is 127. The molecule has 2 heterocycles. The number of rotatable bonds is 5. The number of para-hydroxylation sites is 1. The topological polar surface area (TPSA) is 31.6 Å². The maximum absolute atomic E-state index is 11.0. The fourth-order valence-corrected chi connectivity index (χ4v) is 5.62. The summed E-state index contributed by atoms with van der Waals surface area (Å²) in [6.07, 6.45) is -0.402. The first-order valence-corrected chi connectivity index (χ1v) is 12.8. The van der Waals surface area contributed by atoms with Gasteiger partial charge in [0.1, 0.15) is 0 Å². The maximum Gasteiger partial charge on any atom is 0.0845 e. The van der Waals surface area contributed by atoms with Crippen molar-refractivity contribution >= 4 is 72.7 Å². The van der Waals surface area contributed by atoms with E-state index >= 15 is 0 Å². The molecule has 6 heteroatoms. The fraction of sp³-hybridized carbons (Fsp3) is 0.280. The van der Waals surface area contributed by atoms with Crippen molar-refractivity contribution in [2.45, 2.75) is 12.6 Å². The Bertz CT molecular complexity index is 1140. The third-order valence-electron chi connectivity index (χ3n) is 6.14. The summed E-state index contributed by atoms with van der Waals surface area (Å²) < 4.78 is 4.77. The number of hydrogen-bond donors (Lipinski definition) is 1. The molecule has 160 valence electrons. The second-order valence-corrected chi connectivity index (χ2v) is 10.7. The minimum Gasteiger partial charge on any atom is -0.390 e. The number of hydrogen-bond acceptors (Lipinski definition) is 3. The van der Waals surface area contributed by atoms with Crippen molar-refractivity contribution in [1.82, 2.24) is 9.47 Å². The van der Waals surface area contributed by atoms with Crippen molar-refractivity contribution in [3.8, 4) is 0 Å². The average Bonchev–Trinajstić information content (AvgIpc) is 3.07. The number of β-amino-alcohol motifs (C(OH)–C–C–N with tert-alkyl or cyclic N) is 1. The first-order valence-electron chi connectivity index (χ1n) is 10.7. The number of anilines is 1. The fourth-order valence-electron chi connectivity index (χ4n) is 4.64. The number of benzene rings is 3. The van der Waals surface area contributed by atoms with E-state index in [0.29, 0.717) is 13.1 Å². The monoisotopic (exact) mass is 637 g/mol. The Kier molecular flexibility index (Phi) is 6.41. The van der Waals surface area contributed by atoms with Gasteiger partial charge in [-0.3, -0.25) is 4.90 Å². The Morgan fingerprint density at radius 2 is 1.32 bits per heavy atom. The Labute approximate surface area is 210 Å². The van der Waals surface area contributed by atoms with Crippen LogP contribution in [0, 0.1) is 7.14 Å². The number of fused-ring (bicyclic) bond motifs is 3. The third-order valence-corrected chi connectivity index (χ3v) is 7.49. The lowest BCUT2D eigenvalue weighted by Crippen LogP contribution is -2.49. The highest BCUT2D eigenvalue weighted by molar-refractivity contribution is 14.1. The van der Waals surface area contributed by atoms with Crippen LogP contribution >= 0.6 is 45.2 Å². The van der Waals surface area contributed by atoms with E-state index in [-0.39, 0.29) is 0 Å². The molecule has 1 atom stereocenters. The van der Waals surface area contributed by atoms with Crippen LogP contribution in [0.15, 0.2) is 66.7 Å². The van der Waals surface area contributed by atoms with Crippen molar-refractivity contribution in [3.05, 3.63) is 73.9 Å². The lowest BCUT2D eigenvalue weighted by molar-refractivity contribution is 0.0969. The van der Waals surface area contributed by atoms with E-state index in [1.54, 1.807) is 0 Å². The molecule has 0 amide bonds. The van der Waals surface area contributed by atoms with Crippen molar-refractivity contribution in [1.29, 1.82) is 0 Å². The molecule has 0 spiro atoms. The predicted molar refractivity (Wildman–Crippen MR) is 146 cm³/mol. The summed E-state index contributed by atoms with van der Waals surface area (Å²) in [5.74, 6) is 0. The van der Waals surface area contributed by atoms with E-state index in [1.165, 1.54) is 34.6 Å². The molecule has 1 fully saturated rings.